The van der Waals surface area contributed by atoms with Crippen LogP contribution in [0.2, 0.25) is 0 Å². The first-order chi connectivity index (χ1) is 14.0. The topological polar surface area (TPSA) is 70.8 Å². The third kappa shape index (κ3) is 2.76. The van der Waals surface area contributed by atoms with Crippen LogP contribution in [0.3, 0.4) is 0 Å². The van der Waals surface area contributed by atoms with Gasteiger partial charge in [0.05, 0.1) is 17.0 Å². The molecule has 0 saturated carbocycles. The highest BCUT2D eigenvalue weighted by atomic mass is 79.9. The number of carbonyl (C=O) groups excluding carboxylic acids is 1. The molecule has 2 heterocycles. The number of halogens is 1. The summed E-state index contributed by atoms with van der Waals surface area (Å²) in [6.45, 7) is 0. The molecule has 0 radical (unpaired) electrons. The SMILES string of the molecule is O=C1c2oc3ccc(Br)cc3c(=O)c2C(c2cccc(O)c2)N1c1ccccc1. The zero-order chi connectivity index (χ0) is 20.1. The van der Waals surface area contributed by atoms with E-state index in [2.05, 4.69) is 15.9 Å². The van der Waals surface area contributed by atoms with Crippen molar-refractivity contribution in [3.63, 3.8) is 0 Å². The van der Waals surface area contributed by atoms with Crippen molar-refractivity contribution in [3.8, 4) is 5.75 Å². The summed E-state index contributed by atoms with van der Waals surface area (Å²) in [7, 11) is 0. The number of para-hydroxylation sites is 1. The van der Waals surface area contributed by atoms with Crippen LogP contribution in [0.5, 0.6) is 5.75 Å². The zero-order valence-corrected chi connectivity index (χ0v) is 16.6. The highest BCUT2D eigenvalue weighted by molar-refractivity contribution is 9.10. The van der Waals surface area contributed by atoms with Crippen LogP contribution in [-0.2, 0) is 0 Å². The quantitative estimate of drug-likeness (QED) is 0.468. The number of hydrogen-bond acceptors (Lipinski definition) is 4. The first kappa shape index (κ1) is 17.7. The third-order valence-electron chi connectivity index (χ3n) is 5.05. The molecule has 0 fully saturated rings. The summed E-state index contributed by atoms with van der Waals surface area (Å²) in [5, 5.41) is 10.4. The van der Waals surface area contributed by atoms with E-state index in [-0.39, 0.29) is 28.4 Å². The normalized spacial score (nSPS) is 15.7. The Labute approximate surface area is 174 Å². The smallest absolute Gasteiger partial charge is 0.295 e. The number of phenols is 1. The first-order valence-electron chi connectivity index (χ1n) is 8.98. The Balaban J connectivity index is 1.84. The lowest BCUT2D eigenvalue weighted by atomic mass is 9.98. The number of benzene rings is 3. The molecule has 1 unspecified atom stereocenters. The van der Waals surface area contributed by atoms with Gasteiger partial charge in [-0.2, -0.15) is 0 Å². The molecule has 0 spiro atoms. The van der Waals surface area contributed by atoms with Crippen molar-refractivity contribution in [2.45, 2.75) is 6.04 Å². The van der Waals surface area contributed by atoms with Crippen molar-refractivity contribution in [1.29, 1.82) is 0 Å². The highest BCUT2D eigenvalue weighted by Crippen LogP contribution is 2.41. The van der Waals surface area contributed by atoms with E-state index in [1.807, 2.05) is 18.2 Å². The maximum Gasteiger partial charge on any atom is 0.295 e. The van der Waals surface area contributed by atoms with Crippen molar-refractivity contribution in [3.05, 3.63) is 104 Å². The van der Waals surface area contributed by atoms with Gasteiger partial charge in [0, 0.05) is 10.2 Å². The van der Waals surface area contributed by atoms with Crippen molar-refractivity contribution in [1.82, 2.24) is 0 Å². The van der Waals surface area contributed by atoms with E-state index in [1.54, 1.807) is 54.6 Å². The summed E-state index contributed by atoms with van der Waals surface area (Å²) in [5.74, 6) is -0.298. The molecule has 4 aromatic rings. The van der Waals surface area contributed by atoms with Crippen LogP contribution in [0.4, 0.5) is 5.69 Å². The Hall–Kier alpha value is -3.38. The van der Waals surface area contributed by atoms with Crippen LogP contribution >= 0.6 is 15.9 Å². The number of carbonyl (C=O) groups is 1. The summed E-state index contributed by atoms with van der Waals surface area (Å²) in [4.78, 5) is 28.3. The molecule has 0 aliphatic carbocycles. The number of nitrogens with zero attached hydrogens (tertiary/aromatic N) is 1. The van der Waals surface area contributed by atoms with Gasteiger partial charge in [0.15, 0.2) is 5.43 Å². The van der Waals surface area contributed by atoms with Crippen LogP contribution < -0.4 is 10.3 Å². The number of hydrogen-bond donors (Lipinski definition) is 1. The van der Waals surface area contributed by atoms with Crippen LogP contribution in [0.15, 0.2) is 86.5 Å². The van der Waals surface area contributed by atoms with E-state index in [4.69, 9.17) is 4.42 Å². The molecule has 0 bridgehead atoms. The van der Waals surface area contributed by atoms with Crippen molar-refractivity contribution >= 4 is 38.5 Å². The molecule has 0 saturated heterocycles. The maximum absolute atomic E-state index is 13.4. The molecule has 5 nitrogen and oxygen atoms in total. The zero-order valence-electron chi connectivity index (χ0n) is 15.0. The monoisotopic (exact) mass is 447 g/mol. The summed E-state index contributed by atoms with van der Waals surface area (Å²) in [5.41, 5.74) is 1.64. The van der Waals surface area contributed by atoms with E-state index in [1.165, 1.54) is 4.90 Å². The Morgan fingerprint density at radius 3 is 2.48 bits per heavy atom. The van der Waals surface area contributed by atoms with Crippen LogP contribution in [-0.4, -0.2) is 11.0 Å². The number of phenolic OH excluding ortho intramolecular Hbond substituents is 1. The van der Waals surface area contributed by atoms with Crippen molar-refractivity contribution < 1.29 is 14.3 Å². The fourth-order valence-electron chi connectivity index (χ4n) is 3.81. The van der Waals surface area contributed by atoms with E-state index in [0.717, 1.165) is 4.47 Å². The number of rotatable bonds is 2. The lowest BCUT2D eigenvalue weighted by Gasteiger charge is -2.25. The molecule has 142 valence electrons. The molecular formula is C23H14BrNO4. The van der Waals surface area contributed by atoms with Gasteiger partial charge in [0.25, 0.3) is 5.91 Å². The van der Waals surface area contributed by atoms with Gasteiger partial charge in [0.1, 0.15) is 11.3 Å². The average Bonchev–Trinajstić information content (AvgIpc) is 3.02. The second-order valence-corrected chi connectivity index (χ2v) is 7.74. The van der Waals surface area contributed by atoms with E-state index >= 15 is 0 Å². The fourth-order valence-corrected chi connectivity index (χ4v) is 4.17. The summed E-state index contributed by atoms with van der Waals surface area (Å²) < 4.78 is 6.66. The van der Waals surface area contributed by atoms with Gasteiger partial charge < -0.3 is 9.52 Å². The standard InChI is InChI=1S/C23H14BrNO4/c24-14-9-10-18-17(12-14)21(27)19-20(13-5-4-8-16(26)11-13)25(23(28)22(19)29-18)15-6-2-1-3-7-15/h1-12,20,26H. The molecule has 5 rings (SSSR count). The first-order valence-corrected chi connectivity index (χ1v) is 9.77. The molecule has 1 aliphatic rings. The largest absolute Gasteiger partial charge is 0.508 e. The maximum atomic E-state index is 13.4. The van der Waals surface area contributed by atoms with Gasteiger partial charge in [-0.1, -0.05) is 46.3 Å². The van der Waals surface area contributed by atoms with Gasteiger partial charge in [-0.25, -0.2) is 0 Å². The summed E-state index contributed by atoms with van der Waals surface area (Å²) >= 11 is 3.39. The molecule has 1 aromatic heterocycles. The Bertz CT molecular complexity index is 1330. The van der Waals surface area contributed by atoms with Gasteiger partial charge in [-0.3, -0.25) is 14.5 Å². The van der Waals surface area contributed by atoms with Gasteiger partial charge >= 0.3 is 0 Å². The van der Waals surface area contributed by atoms with E-state index < -0.39 is 6.04 Å². The predicted octanol–water partition coefficient (Wildman–Crippen LogP) is 5.01. The number of fused-ring (bicyclic) bond motifs is 2. The number of anilines is 1. The molecule has 29 heavy (non-hydrogen) atoms. The average molecular weight is 448 g/mol. The minimum atomic E-state index is -0.702. The van der Waals surface area contributed by atoms with Crippen molar-refractivity contribution in [2.24, 2.45) is 0 Å². The summed E-state index contributed by atoms with van der Waals surface area (Å²) in [6, 6.07) is 20.1. The number of aromatic hydroxyl groups is 1. The second kappa shape index (κ2) is 6.60. The van der Waals surface area contributed by atoms with E-state index in [0.29, 0.717) is 22.2 Å². The van der Waals surface area contributed by atoms with Crippen LogP contribution in [0.1, 0.15) is 27.7 Å². The Kier molecular flexibility index (Phi) is 4.03. The van der Waals surface area contributed by atoms with Gasteiger partial charge in [-0.15, -0.1) is 0 Å². The third-order valence-corrected chi connectivity index (χ3v) is 5.55. The lowest BCUT2D eigenvalue weighted by molar-refractivity contribution is 0.0971. The fraction of sp³-hybridized carbons (Fsp3) is 0.0435. The molecule has 1 aliphatic heterocycles. The van der Waals surface area contributed by atoms with E-state index in [9.17, 15) is 14.7 Å². The molecule has 1 amide bonds. The van der Waals surface area contributed by atoms with Crippen molar-refractivity contribution in [2.75, 3.05) is 4.90 Å². The Morgan fingerprint density at radius 1 is 0.931 bits per heavy atom. The minimum Gasteiger partial charge on any atom is -0.508 e. The molecule has 3 aromatic carbocycles. The predicted molar refractivity (Wildman–Crippen MR) is 113 cm³/mol. The lowest BCUT2D eigenvalue weighted by Crippen LogP contribution is -2.29. The number of amides is 1. The van der Waals surface area contributed by atoms with Gasteiger partial charge in [-0.05, 0) is 48.0 Å². The molecule has 1 N–H and O–H groups in total. The van der Waals surface area contributed by atoms with Crippen LogP contribution in [0.25, 0.3) is 11.0 Å². The van der Waals surface area contributed by atoms with Gasteiger partial charge in [0.2, 0.25) is 5.76 Å². The summed E-state index contributed by atoms with van der Waals surface area (Å²) in [6.07, 6.45) is 0. The highest BCUT2D eigenvalue weighted by Gasteiger charge is 2.43. The molecule has 6 heteroatoms. The molecular weight excluding hydrogens is 434 g/mol. The van der Waals surface area contributed by atoms with Crippen LogP contribution in [0, 0.1) is 0 Å². The minimum absolute atomic E-state index is 0.0296. The second-order valence-electron chi connectivity index (χ2n) is 6.82. The molecule has 1 atom stereocenters. The Morgan fingerprint density at radius 2 is 1.72 bits per heavy atom.